The number of urea groups is 1. The number of aromatic nitrogens is 1. The Balaban J connectivity index is 1.64. The number of halogens is 1. The van der Waals surface area contributed by atoms with Gasteiger partial charge < -0.3 is 5.32 Å². The van der Waals surface area contributed by atoms with E-state index in [4.69, 9.17) is 0 Å². The van der Waals surface area contributed by atoms with Crippen LogP contribution in [0.1, 0.15) is 23.6 Å². The van der Waals surface area contributed by atoms with Gasteiger partial charge in [0.05, 0.1) is 11.6 Å². The Hall–Kier alpha value is -3.54. The van der Waals surface area contributed by atoms with Crippen LogP contribution in [0.4, 0.5) is 14.9 Å². The van der Waals surface area contributed by atoms with Crippen molar-refractivity contribution in [1.82, 2.24) is 9.88 Å². The highest BCUT2D eigenvalue weighted by atomic mass is 19.1. The summed E-state index contributed by atoms with van der Waals surface area (Å²) in [4.78, 5) is 30.7. The maximum atomic E-state index is 13.3. The van der Waals surface area contributed by atoms with Crippen LogP contribution in [0.3, 0.4) is 0 Å². The number of carbonyl (C=O) groups is 2. The number of ketones is 1. The van der Waals surface area contributed by atoms with Crippen molar-refractivity contribution in [2.45, 2.75) is 19.4 Å². The van der Waals surface area contributed by atoms with Gasteiger partial charge in [-0.2, -0.15) is 0 Å². The van der Waals surface area contributed by atoms with E-state index in [-0.39, 0.29) is 24.1 Å². The molecule has 0 fully saturated rings. The predicted octanol–water partition coefficient (Wildman–Crippen LogP) is 4.74. The number of hydrogen-bond acceptors (Lipinski definition) is 3. The summed E-state index contributed by atoms with van der Waals surface area (Å²) in [6, 6.07) is 12.6. The molecule has 0 saturated carbocycles. The van der Waals surface area contributed by atoms with Crippen molar-refractivity contribution in [2.75, 3.05) is 5.32 Å². The van der Waals surface area contributed by atoms with E-state index in [9.17, 15) is 14.0 Å². The van der Waals surface area contributed by atoms with Crippen molar-refractivity contribution in [2.24, 2.45) is 0 Å². The maximum Gasteiger partial charge on any atom is 0.326 e. The lowest BCUT2D eigenvalue weighted by molar-refractivity contribution is -0.116. The third kappa shape index (κ3) is 3.49. The molecule has 1 N–H and O–H groups in total. The van der Waals surface area contributed by atoms with Gasteiger partial charge in [0.25, 0.3) is 0 Å². The zero-order valence-corrected chi connectivity index (χ0v) is 15.2. The van der Waals surface area contributed by atoms with Crippen LogP contribution in [-0.2, 0) is 4.79 Å². The van der Waals surface area contributed by atoms with Crippen molar-refractivity contribution in [1.29, 1.82) is 0 Å². The van der Waals surface area contributed by atoms with E-state index in [2.05, 4.69) is 10.3 Å². The first kappa shape index (κ1) is 17.9. The molecule has 0 saturated heterocycles. The van der Waals surface area contributed by atoms with Crippen LogP contribution >= 0.6 is 0 Å². The monoisotopic (exact) mass is 375 g/mol. The van der Waals surface area contributed by atoms with E-state index in [1.165, 1.54) is 29.3 Å². The van der Waals surface area contributed by atoms with Gasteiger partial charge in [-0.3, -0.25) is 14.7 Å². The molecule has 2 heterocycles. The quantitative estimate of drug-likeness (QED) is 0.703. The highest BCUT2D eigenvalue weighted by molar-refractivity contribution is 5.97. The van der Waals surface area contributed by atoms with E-state index in [0.29, 0.717) is 11.3 Å². The zero-order valence-electron chi connectivity index (χ0n) is 15.2. The van der Waals surface area contributed by atoms with E-state index in [1.54, 1.807) is 18.3 Å². The van der Waals surface area contributed by atoms with Crippen LogP contribution in [0.5, 0.6) is 0 Å². The summed E-state index contributed by atoms with van der Waals surface area (Å²) in [7, 11) is 0. The van der Waals surface area contributed by atoms with Crippen molar-refractivity contribution in [3.63, 3.8) is 0 Å². The zero-order chi connectivity index (χ0) is 19.7. The minimum Gasteiger partial charge on any atom is -0.307 e. The second-order valence-electron chi connectivity index (χ2n) is 6.75. The second-order valence-corrected chi connectivity index (χ2v) is 6.75. The number of hydrogen-bond donors (Lipinski definition) is 1. The average Bonchev–Trinajstić information content (AvgIpc) is 2.69. The Morgan fingerprint density at radius 2 is 2.00 bits per heavy atom. The molecular formula is C22H18FN3O2. The van der Waals surface area contributed by atoms with Crippen molar-refractivity contribution in [3.05, 3.63) is 83.9 Å². The minimum absolute atomic E-state index is 0.0775. The molecule has 5 nitrogen and oxygen atoms in total. The van der Waals surface area contributed by atoms with Gasteiger partial charge in [-0.25, -0.2) is 9.18 Å². The van der Waals surface area contributed by atoms with Gasteiger partial charge in [-0.15, -0.1) is 0 Å². The van der Waals surface area contributed by atoms with Crippen LogP contribution in [0.2, 0.25) is 0 Å². The Labute approximate surface area is 161 Å². The standard InChI is InChI=1S/C22H18FN3O2/c1-14-11-20-16(3-2-9-24-20)12-19(14)25-22(28)26-10-8-18(27)13-21(26)15-4-6-17(23)7-5-15/h2-12,21H,13H2,1H3,(H,25,28). The molecule has 0 radical (unpaired) electrons. The van der Waals surface area contributed by atoms with Gasteiger partial charge in [0, 0.05) is 29.9 Å². The fraction of sp³-hybridized carbons (Fsp3) is 0.136. The van der Waals surface area contributed by atoms with Gasteiger partial charge in [-0.1, -0.05) is 18.2 Å². The number of pyridine rings is 1. The molecule has 0 spiro atoms. The van der Waals surface area contributed by atoms with E-state index in [0.717, 1.165) is 16.5 Å². The smallest absolute Gasteiger partial charge is 0.307 e. The first-order valence-electron chi connectivity index (χ1n) is 8.92. The third-order valence-corrected chi connectivity index (χ3v) is 4.83. The first-order valence-corrected chi connectivity index (χ1v) is 8.92. The summed E-state index contributed by atoms with van der Waals surface area (Å²) < 4.78 is 13.3. The van der Waals surface area contributed by atoms with Gasteiger partial charge in [0.15, 0.2) is 5.78 Å². The SMILES string of the molecule is Cc1cc2ncccc2cc1NC(=O)N1C=CC(=O)CC1c1ccc(F)cc1. The molecule has 1 aliphatic rings. The summed E-state index contributed by atoms with van der Waals surface area (Å²) in [5, 5.41) is 3.84. The fourth-order valence-corrected chi connectivity index (χ4v) is 3.34. The summed E-state index contributed by atoms with van der Waals surface area (Å²) in [6.45, 7) is 1.90. The molecule has 2 amide bonds. The molecule has 1 aromatic heterocycles. The van der Waals surface area contributed by atoms with Crippen molar-refractivity contribution < 1.29 is 14.0 Å². The largest absolute Gasteiger partial charge is 0.326 e. The number of benzene rings is 2. The summed E-state index contributed by atoms with van der Waals surface area (Å²) in [5.41, 5.74) is 3.11. The summed E-state index contributed by atoms with van der Waals surface area (Å²) in [5.74, 6) is -0.441. The van der Waals surface area contributed by atoms with Crippen LogP contribution < -0.4 is 5.32 Å². The molecule has 3 aromatic rings. The van der Waals surface area contributed by atoms with Gasteiger partial charge in [-0.05, 0) is 54.5 Å². The number of rotatable bonds is 2. The number of amides is 2. The molecule has 1 unspecified atom stereocenters. The predicted molar refractivity (Wildman–Crippen MR) is 105 cm³/mol. The number of allylic oxidation sites excluding steroid dienone is 1. The van der Waals surface area contributed by atoms with E-state index in [1.807, 2.05) is 31.2 Å². The maximum absolute atomic E-state index is 13.3. The Morgan fingerprint density at radius 3 is 2.79 bits per heavy atom. The minimum atomic E-state index is -0.486. The normalized spacial score (nSPS) is 16.4. The van der Waals surface area contributed by atoms with E-state index < -0.39 is 6.04 Å². The molecule has 0 aliphatic carbocycles. The van der Waals surface area contributed by atoms with Gasteiger partial charge in [0.1, 0.15) is 5.82 Å². The number of aryl methyl sites for hydroxylation is 1. The van der Waals surface area contributed by atoms with Crippen LogP contribution in [-0.4, -0.2) is 21.7 Å². The Morgan fingerprint density at radius 1 is 1.21 bits per heavy atom. The summed E-state index contributed by atoms with van der Waals surface area (Å²) >= 11 is 0. The average molecular weight is 375 g/mol. The van der Waals surface area contributed by atoms with Crippen LogP contribution in [0.25, 0.3) is 10.9 Å². The van der Waals surface area contributed by atoms with Crippen LogP contribution in [0, 0.1) is 12.7 Å². The van der Waals surface area contributed by atoms with Crippen molar-refractivity contribution in [3.8, 4) is 0 Å². The number of fused-ring (bicyclic) bond motifs is 1. The summed E-state index contributed by atoms with van der Waals surface area (Å²) in [6.07, 6.45) is 4.74. The number of nitrogens with zero attached hydrogens (tertiary/aromatic N) is 2. The fourth-order valence-electron chi connectivity index (χ4n) is 3.34. The van der Waals surface area contributed by atoms with Crippen molar-refractivity contribution >= 4 is 28.4 Å². The third-order valence-electron chi connectivity index (χ3n) is 4.83. The second kappa shape index (κ2) is 7.23. The number of carbonyl (C=O) groups excluding carboxylic acids is 2. The molecule has 1 atom stereocenters. The topological polar surface area (TPSA) is 62.3 Å². The number of anilines is 1. The molecular weight excluding hydrogens is 357 g/mol. The van der Waals surface area contributed by atoms with E-state index >= 15 is 0 Å². The first-order chi connectivity index (χ1) is 13.5. The lowest BCUT2D eigenvalue weighted by atomic mass is 9.97. The molecule has 1 aliphatic heterocycles. The highest BCUT2D eigenvalue weighted by Crippen LogP contribution is 2.30. The van der Waals surface area contributed by atoms with Crippen LogP contribution in [0.15, 0.2) is 67.0 Å². The highest BCUT2D eigenvalue weighted by Gasteiger charge is 2.29. The Bertz CT molecular complexity index is 1090. The molecule has 6 heteroatoms. The molecule has 140 valence electrons. The molecule has 28 heavy (non-hydrogen) atoms. The van der Waals surface area contributed by atoms with Gasteiger partial charge >= 0.3 is 6.03 Å². The lowest BCUT2D eigenvalue weighted by Crippen LogP contribution is -2.37. The van der Waals surface area contributed by atoms with Gasteiger partial charge in [0.2, 0.25) is 0 Å². The molecule has 2 aromatic carbocycles. The lowest BCUT2D eigenvalue weighted by Gasteiger charge is -2.31. The number of nitrogens with one attached hydrogen (secondary N) is 1. The Kier molecular flexibility index (Phi) is 4.61. The molecule has 0 bridgehead atoms. The molecule has 4 rings (SSSR count).